The molecule has 0 aromatic heterocycles. The second kappa shape index (κ2) is 8.34. The summed E-state index contributed by atoms with van der Waals surface area (Å²) in [6.45, 7) is 1.93. The van der Waals surface area contributed by atoms with Crippen molar-refractivity contribution in [2.45, 2.75) is 13.0 Å². The Balaban J connectivity index is 1.87. The van der Waals surface area contributed by atoms with Crippen molar-refractivity contribution in [3.05, 3.63) is 65.2 Å². The van der Waals surface area contributed by atoms with Gasteiger partial charge in [0.05, 0.1) is 0 Å². The molecular weight excluding hydrogens is 328 g/mol. The lowest BCUT2D eigenvalue weighted by Gasteiger charge is -2.11. The quantitative estimate of drug-likeness (QED) is 0.742. The number of quaternary nitrogens is 1. The number of anilines is 1. The number of carbonyl (C=O) groups is 2. The molecule has 5 nitrogen and oxygen atoms in total. The first kappa shape index (κ1) is 18.5. The summed E-state index contributed by atoms with van der Waals surface area (Å²) in [4.78, 5) is 23.4. The topological polar surface area (TPSA) is 74.8 Å². The van der Waals surface area contributed by atoms with E-state index in [4.69, 9.17) is 0 Å². The van der Waals surface area contributed by atoms with Gasteiger partial charge in [0.1, 0.15) is 6.04 Å². The van der Waals surface area contributed by atoms with Gasteiger partial charge in [0.25, 0.3) is 11.8 Å². The van der Waals surface area contributed by atoms with Gasteiger partial charge < -0.3 is 16.0 Å². The molecule has 2 rings (SSSR count). The molecule has 4 N–H and O–H groups in total. The molecule has 2 aromatic rings. The Morgan fingerprint density at radius 2 is 1.76 bits per heavy atom. The SMILES string of the molecule is CNC(=O)c1ccc(NC(=O)C[NH2+][C@@H](C)c2ccc(F)c(F)c2)cc1. The standard InChI is InChI=1S/C18H19F2N3O2/c1-11(13-5-8-15(19)16(20)9-13)22-10-17(24)23-14-6-3-12(4-7-14)18(25)21-2/h3-9,11,22H,10H2,1-2H3,(H,21,25)(H,23,24)/p+1/t11-/m0/s1. The average molecular weight is 348 g/mol. The smallest absolute Gasteiger partial charge is 0.279 e. The Labute approximate surface area is 144 Å². The fraction of sp³-hybridized carbons (Fsp3) is 0.222. The molecule has 7 heteroatoms. The first-order chi connectivity index (χ1) is 11.9. The van der Waals surface area contributed by atoms with E-state index in [-0.39, 0.29) is 24.4 Å². The summed E-state index contributed by atoms with van der Waals surface area (Å²) >= 11 is 0. The van der Waals surface area contributed by atoms with Gasteiger partial charge in [-0.2, -0.15) is 0 Å². The van der Waals surface area contributed by atoms with E-state index >= 15 is 0 Å². The number of carbonyl (C=O) groups excluding carboxylic acids is 2. The minimum Gasteiger partial charge on any atom is -0.355 e. The summed E-state index contributed by atoms with van der Waals surface area (Å²) in [6.07, 6.45) is 0. The summed E-state index contributed by atoms with van der Waals surface area (Å²) in [5, 5.41) is 6.96. The van der Waals surface area contributed by atoms with Gasteiger partial charge in [0.2, 0.25) is 0 Å². The first-order valence-electron chi connectivity index (χ1n) is 7.81. The van der Waals surface area contributed by atoms with Crippen LogP contribution in [0.3, 0.4) is 0 Å². The number of halogens is 2. The van der Waals surface area contributed by atoms with E-state index in [0.29, 0.717) is 16.8 Å². The Hall–Kier alpha value is -2.80. The zero-order valence-corrected chi connectivity index (χ0v) is 14.0. The maximum absolute atomic E-state index is 13.2. The van der Waals surface area contributed by atoms with Crippen molar-refractivity contribution >= 4 is 17.5 Å². The van der Waals surface area contributed by atoms with Crippen LogP contribution in [0.15, 0.2) is 42.5 Å². The van der Waals surface area contributed by atoms with Gasteiger partial charge >= 0.3 is 0 Å². The molecule has 2 amide bonds. The van der Waals surface area contributed by atoms with E-state index in [1.807, 2.05) is 0 Å². The molecule has 132 valence electrons. The fourth-order valence-corrected chi connectivity index (χ4v) is 2.28. The molecule has 0 unspecified atom stereocenters. The molecule has 0 spiro atoms. The van der Waals surface area contributed by atoms with Crippen molar-refractivity contribution in [2.75, 3.05) is 18.9 Å². The molecular formula is C18H20F2N3O2+. The lowest BCUT2D eigenvalue weighted by Crippen LogP contribution is -2.86. The highest BCUT2D eigenvalue weighted by Crippen LogP contribution is 2.13. The van der Waals surface area contributed by atoms with Crippen molar-refractivity contribution in [3.8, 4) is 0 Å². The lowest BCUT2D eigenvalue weighted by molar-refractivity contribution is -0.682. The molecule has 0 bridgehead atoms. The molecule has 2 aromatic carbocycles. The van der Waals surface area contributed by atoms with Gasteiger partial charge in [-0.25, -0.2) is 8.78 Å². The van der Waals surface area contributed by atoms with E-state index in [0.717, 1.165) is 12.1 Å². The number of hydrogen-bond acceptors (Lipinski definition) is 2. The molecule has 0 radical (unpaired) electrons. The van der Waals surface area contributed by atoms with Crippen LogP contribution in [0.25, 0.3) is 0 Å². The van der Waals surface area contributed by atoms with Gasteiger partial charge in [0.15, 0.2) is 18.2 Å². The summed E-state index contributed by atoms with van der Waals surface area (Å²) in [5.74, 6) is -2.24. The van der Waals surface area contributed by atoms with E-state index < -0.39 is 11.6 Å². The van der Waals surface area contributed by atoms with Crippen molar-refractivity contribution in [1.82, 2.24) is 5.32 Å². The van der Waals surface area contributed by atoms with Gasteiger partial charge in [-0.1, -0.05) is 0 Å². The largest absolute Gasteiger partial charge is 0.355 e. The van der Waals surface area contributed by atoms with Gasteiger partial charge in [-0.3, -0.25) is 9.59 Å². The Morgan fingerprint density at radius 1 is 1.08 bits per heavy atom. The van der Waals surface area contributed by atoms with Crippen LogP contribution in [0.2, 0.25) is 0 Å². The number of amides is 2. The normalized spacial score (nSPS) is 11.7. The first-order valence-corrected chi connectivity index (χ1v) is 7.81. The van der Waals surface area contributed by atoms with Crippen molar-refractivity contribution in [2.24, 2.45) is 0 Å². The molecule has 0 aliphatic heterocycles. The molecule has 1 atom stereocenters. The third-order valence-electron chi connectivity index (χ3n) is 3.78. The number of benzene rings is 2. The summed E-state index contributed by atoms with van der Waals surface area (Å²) in [6, 6.07) is 10.0. The molecule has 0 fully saturated rings. The highest BCUT2D eigenvalue weighted by Gasteiger charge is 2.14. The van der Waals surface area contributed by atoms with Crippen LogP contribution in [-0.4, -0.2) is 25.4 Å². The number of rotatable bonds is 6. The predicted octanol–water partition coefficient (Wildman–Crippen LogP) is 1.59. The van der Waals surface area contributed by atoms with Crippen LogP contribution in [0.4, 0.5) is 14.5 Å². The summed E-state index contributed by atoms with van der Waals surface area (Å²) in [5.41, 5.74) is 1.67. The van der Waals surface area contributed by atoms with Crippen LogP contribution in [0.5, 0.6) is 0 Å². The van der Waals surface area contributed by atoms with Crippen LogP contribution >= 0.6 is 0 Å². The molecule has 0 saturated heterocycles. The molecule has 0 heterocycles. The molecule has 0 aliphatic carbocycles. The Bertz CT molecular complexity index is 763. The molecule has 0 saturated carbocycles. The third kappa shape index (κ3) is 5.09. The Morgan fingerprint density at radius 3 is 2.36 bits per heavy atom. The van der Waals surface area contributed by atoms with Crippen molar-refractivity contribution < 1.29 is 23.7 Å². The maximum Gasteiger partial charge on any atom is 0.279 e. The lowest BCUT2D eigenvalue weighted by atomic mass is 10.1. The average Bonchev–Trinajstić information content (AvgIpc) is 2.62. The number of nitrogens with two attached hydrogens (primary N) is 1. The monoisotopic (exact) mass is 348 g/mol. The second-order valence-corrected chi connectivity index (χ2v) is 5.61. The van der Waals surface area contributed by atoms with Crippen LogP contribution < -0.4 is 16.0 Å². The van der Waals surface area contributed by atoms with Gasteiger partial charge in [0, 0.05) is 23.9 Å². The van der Waals surface area contributed by atoms with Crippen molar-refractivity contribution in [3.63, 3.8) is 0 Å². The Kier molecular flexibility index (Phi) is 6.19. The zero-order chi connectivity index (χ0) is 18.4. The maximum atomic E-state index is 13.2. The minimum absolute atomic E-state index is 0.122. The van der Waals surface area contributed by atoms with E-state index in [1.165, 1.54) is 6.07 Å². The molecule has 25 heavy (non-hydrogen) atoms. The summed E-state index contributed by atoms with van der Waals surface area (Å²) in [7, 11) is 1.54. The summed E-state index contributed by atoms with van der Waals surface area (Å²) < 4.78 is 26.2. The fourth-order valence-electron chi connectivity index (χ4n) is 2.28. The van der Waals surface area contributed by atoms with E-state index in [2.05, 4.69) is 10.6 Å². The van der Waals surface area contributed by atoms with Crippen LogP contribution in [0, 0.1) is 11.6 Å². The van der Waals surface area contributed by atoms with E-state index in [1.54, 1.807) is 43.6 Å². The van der Waals surface area contributed by atoms with Gasteiger partial charge in [-0.15, -0.1) is 0 Å². The highest BCUT2D eigenvalue weighted by atomic mass is 19.2. The van der Waals surface area contributed by atoms with Crippen LogP contribution in [0.1, 0.15) is 28.9 Å². The highest BCUT2D eigenvalue weighted by molar-refractivity contribution is 5.95. The number of hydrogen-bond donors (Lipinski definition) is 3. The van der Waals surface area contributed by atoms with Crippen molar-refractivity contribution in [1.29, 1.82) is 0 Å². The third-order valence-corrected chi connectivity index (χ3v) is 3.78. The van der Waals surface area contributed by atoms with E-state index in [9.17, 15) is 18.4 Å². The predicted molar refractivity (Wildman–Crippen MR) is 90.0 cm³/mol. The number of nitrogens with one attached hydrogen (secondary N) is 2. The minimum atomic E-state index is -0.904. The van der Waals surface area contributed by atoms with Gasteiger partial charge in [-0.05, 0) is 49.4 Å². The molecule has 0 aliphatic rings. The second-order valence-electron chi connectivity index (χ2n) is 5.61. The zero-order valence-electron chi connectivity index (χ0n) is 14.0. The van der Waals surface area contributed by atoms with Crippen LogP contribution in [-0.2, 0) is 4.79 Å².